The average Bonchev–Trinajstić information content (AvgIpc) is 2.39. The molecule has 2 aromatic rings. The summed E-state index contributed by atoms with van der Waals surface area (Å²) in [5.41, 5.74) is 7.53. The van der Waals surface area contributed by atoms with Crippen LogP contribution in [0.3, 0.4) is 0 Å². The van der Waals surface area contributed by atoms with Crippen LogP contribution >= 0.6 is 0 Å². The summed E-state index contributed by atoms with van der Waals surface area (Å²) in [6.45, 7) is 0. The Bertz CT molecular complexity index is 584. The van der Waals surface area contributed by atoms with Crippen molar-refractivity contribution >= 4 is 5.97 Å². The molecule has 0 spiro atoms. The highest BCUT2D eigenvalue weighted by Crippen LogP contribution is 2.20. The normalized spacial score (nSPS) is 12.1. The fourth-order valence-corrected chi connectivity index (χ4v) is 1.63. The molecule has 2 heterocycles. The minimum Gasteiger partial charge on any atom is -0.506 e. The van der Waals surface area contributed by atoms with Gasteiger partial charge in [-0.3, -0.25) is 14.8 Å². The Labute approximate surface area is 109 Å². The third-order valence-electron chi connectivity index (χ3n) is 2.62. The largest absolute Gasteiger partial charge is 0.506 e. The topological polar surface area (TPSA) is 109 Å². The lowest BCUT2D eigenvalue weighted by molar-refractivity contribution is -0.138. The molecule has 0 amide bonds. The number of carboxylic acid groups (broad SMARTS) is 1. The van der Waals surface area contributed by atoms with Crippen molar-refractivity contribution in [1.29, 1.82) is 0 Å². The molecule has 0 aliphatic carbocycles. The lowest BCUT2D eigenvalue weighted by Crippen LogP contribution is -2.32. The first-order chi connectivity index (χ1) is 9.06. The van der Waals surface area contributed by atoms with Crippen LogP contribution < -0.4 is 5.73 Å². The predicted molar refractivity (Wildman–Crippen MR) is 68.4 cm³/mol. The molecule has 6 nitrogen and oxygen atoms in total. The Hall–Kier alpha value is -2.47. The van der Waals surface area contributed by atoms with E-state index in [1.807, 2.05) is 0 Å². The summed E-state index contributed by atoms with van der Waals surface area (Å²) in [6, 6.07) is 4.11. The van der Waals surface area contributed by atoms with E-state index < -0.39 is 12.0 Å². The standard InChI is InChI=1S/C13H13N3O3/c14-11(13(18)19)3-8-1-2-12(16-5-8)9-4-10(17)7-15-6-9/h1-2,4-7,11,17H,3,14H2,(H,18,19)/t11-/m0/s1. The molecule has 0 saturated carbocycles. The highest BCUT2D eigenvalue weighted by atomic mass is 16.4. The first-order valence-electron chi connectivity index (χ1n) is 5.64. The Morgan fingerprint density at radius 3 is 2.68 bits per heavy atom. The summed E-state index contributed by atoms with van der Waals surface area (Å²) in [4.78, 5) is 18.7. The molecule has 19 heavy (non-hydrogen) atoms. The van der Waals surface area contributed by atoms with E-state index in [9.17, 15) is 9.90 Å². The number of carboxylic acids is 1. The second-order valence-electron chi connectivity index (χ2n) is 4.13. The van der Waals surface area contributed by atoms with E-state index in [1.54, 1.807) is 30.6 Å². The van der Waals surface area contributed by atoms with Crippen molar-refractivity contribution in [3.05, 3.63) is 42.4 Å². The second kappa shape index (κ2) is 5.45. The van der Waals surface area contributed by atoms with Crippen LogP contribution in [-0.2, 0) is 11.2 Å². The van der Waals surface area contributed by atoms with E-state index in [1.165, 1.54) is 6.20 Å². The third kappa shape index (κ3) is 3.26. The van der Waals surface area contributed by atoms with Crippen LogP contribution in [0.4, 0.5) is 0 Å². The average molecular weight is 259 g/mol. The van der Waals surface area contributed by atoms with Gasteiger partial charge in [-0.25, -0.2) is 0 Å². The molecule has 0 fully saturated rings. The molecule has 0 aliphatic rings. The number of hydrogen-bond donors (Lipinski definition) is 3. The van der Waals surface area contributed by atoms with Gasteiger partial charge in [0, 0.05) is 18.0 Å². The van der Waals surface area contributed by atoms with Gasteiger partial charge >= 0.3 is 5.97 Å². The van der Waals surface area contributed by atoms with E-state index in [-0.39, 0.29) is 12.2 Å². The van der Waals surface area contributed by atoms with Gasteiger partial charge in [0.05, 0.1) is 11.9 Å². The van der Waals surface area contributed by atoms with E-state index in [0.717, 1.165) is 5.56 Å². The van der Waals surface area contributed by atoms with Gasteiger partial charge in [-0.15, -0.1) is 0 Å². The van der Waals surface area contributed by atoms with Gasteiger partial charge in [-0.1, -0.05) is 6.07 Å². The molecule has 0 radical (unpaired) electrons. The summed E-state index contributed by atoms with van der Waals surface area (Å²) < 4.78 is 0. The van der Waals surface area contributed by atoms with Crippen LogP contribution in [0.15, 0.2) is 36.8 Å². The van der Waals surface area contributed by atoms with Crippen LogP contribution in [0.2, 0.25) is 0 Å². The summed E-state index contributed by atoms with van der Waals surface area (Å²) in [6.07, 6.45) is 4.72. The highest BCUT2D eigenvalue weighted by Gasteiger charge is 2.12. The second-order valence-corrected chi connectivity index (χ2v) is 4.13. The lowest BCUT2D eigenvalue weighted by Gasteiger charge is -2.07. The van der Waals surface area contributed by atoms with Gasteiger partial charge in [-0.05, 0) is 24.1 Å². The minimum atomic E-state index is -1.04. The molecule has 0 saturated heterocycles. The van der Waals surface area contributed by atoms with E-state index in [2.05, 4.69) is 9.97 Å². The zero-order valence-corrected chi connectivity index (χ0v) is 10.0. The minimum absolute atomic E-state index is 0.0660. The number of hydrogen-bond acceptors (Lipinski definition) is 5. The van der Waals surface area contributed by atoms with Crippen molar-refractivity contribution in [2.75, 3.05) is 0 Å². The van der Waals surface area contributed by atoms with Crippen molar-refractivity contribution in [2.45, 2.75) is 12.5 Å². The van der Waals surface area contributed by atoms with Crippen LogP contribution in [0.25, 0.3) is 11.3 Å². The monoisotopic (exact) mass is 259 g/mol. The fourth-order valence-electron chi connectivity index (χ4n) is 1.63. The highest BCUT2D eigenvalue weighted by molar-refractivity contribution is 5.73. The summed E-state index contributed by atoms with van der Waals surface area (Å²) >= 11 is 0. The molecule has 98 valence electrons. The first kappa shape index (κ1) is 13.0. The predicted octanol–water partition coefficient (Wildman–Crippen LogP) is 0.804. The van der Waals surface area contributed by atoms with E-state index >= 15 is 0 Å². The zero-order valence-electron chi connectivity index (χ0n) is 10.0. The number of rotatable bonds is 4. The number of nitrogens with zero attached hydrogens (tertiary/aromatic N) is 2. The van der Waals surface area contributed by atoms with Gasteiger partial charge in [0.1, 0.15) is 11.8 Å². The Balaban J connectivity index is 2.17. The number of aromatic hydroxyl groups is 1. The molecule has 2 rings (SSSR count). The molecular formula is C13H13N3O3. The third-order valence-corrected chi connectivity index (χ3v) is 2.62. The van der Waals surface area contributed by atoms with Crippen molar-refractivity contribution in [2.24, 2.45) is 5.73 Å². The summed E-state index contributed by atoms with van der Waals surface area (Å²) in [5, 5.41) is 18.1. The van der Waals surface area contributed by atoms with E-state index in [0.29, 0.717) is 11.3 Å². The molecule has 0 aromatic carbocycles. The van der Waals surface area contributed by atoms with Crippen molar-refractivity contribution in [3.63, 3.8) is 0 Å². The number of nitrogens with two attached hydrogens (primary N) is 1. The quantitative estimate of drug-likeness (QED) is 0.749. The zero-order chi connectivity index (χ0) is 13.8. The molecule has 0 unspecified atom stereocenters. The van der Waals surface area contributed by atoms with Crippen LogP contribution in [0.1, 0.15) is 5.56 Å². The lowest BCUT2D eigenvalue weighted by atomic mass is 10.1. The Morgan fingerprint density at radius 1 is 1.32 bits per heavy atom. The maximum atomic E-state index is 10.6. The SMILES string of the molecule is N[C@@H](Cc1ccc(-c2cncc(O)c2)nc1)C(=O)O. The van der Waals surface area contributed by atoms with Crippen molar-refractivity contribution in [3.8, 4) is 17.0 Å². The van der Waals surface area contributed by atoms with Crippen LogP contribution in [0.5, 0.6) is 5.75 Å². The van der Waals surface area contributed by atoms with Crippen LogP contribution in [-0.4, -0.2) is 32.2 Å². The summed E-state index contributed by atoms with van der Waals surface area (Å²) in [7, 11) is 0. The molecule has 2 aromatic heterocycles. The van der Waals surface area contributed by atoms with Gasteiger partial charge in [0.15, 0.2) is 0 Å². The van der Waals surface area contributed by atoms with Crippen LogP contribution in [0, 0.1) is 0 Å². The maximum absolute atomic E-state index is 10.6. The van der Waals surface area contributed by atoms with Gasteiger partial charge in [0.2, 0.25) is 0 Å². The number of aromatic nitrogens is 2. The first-order valence-corrected chi connectivity index (χ1v) is 5.64. The van der Waals surface area contributed by atoms with Crippen molar-refractivity contribution in [1.82, 2.24) is 9.97 Å². The molecular weight excluding hydrogens is 246 g/mol. The van der Waals surface area contributed by atoms with Crippen molar-refractivity contribution < 1.29 is 15.0 Å². The number of carbonyl (C=O) groups is 1. The maximum Gasteiger partial charge on any atom is 0.320 e. The molecule has 6 heteroatoms. The smallest absolute Gasteiger partial charge is 0.320 e. The molecule has 0 bridgehead atoms. The molecule has 4 N–H and O–H groups in total. The Morgan fingerprint density at radius 2 is 2.11 bits per heavy atom. The van der Waals surface area contributed by atoms with E-state index in [4.69, 9.17) is 10.8 Å². The number of aliphatic carboxylic acids is 1. The fraction of sp³-hybridized carbons (Fsp3) is 0.154. The summed E-state index contributed by atoms with van der Waals surface area (Å²) in [5.74, 6) is -0.975. The Kier molecular flexibility index (Phi) is 3.72. The van der Waals surface area contributed by atoms with Gasteiger partial charge < -0.3 is 15.9 Å². The molecule has 1 atom stereocenters. The van der Waals surface area contributed by atoms with Gasteiger partial charge in [-0.2, -0.15) is 0 Å². The molecule has 0 aliphatic heterocycles. The van der Waals surface area contributed by atoms with Gasteiger partial charge in [0.25, 0.3) is 0 Å². The number of pyridine rings is 2.